The molecule has 128 valence electrons. The Balaban J connectivity index is 5.12. The van der Waals surface area contributed by atoms with E-state index < -0.39 is 45.4 Å². The van der Waals surface area contributed by atoms with Gasteiger partial charge in [-0.1, -0.05) is 6.58 Å². The van der Waals surface area contributed by atoms with Crippen molar-refractivity contribution in [3.63, 3.8) is 0 Å². The van der Waals surface area contributed by atoms with Crippen molar-refractivity contribution >= 4 is 22.1 Å². The molecular weight excluding hydrogens is 340 g/mol. The second-order valence-electron chi connectivity index (χ2n) is 4.38. The number of esters is 2. The molecule has 0 N–H and O–H groups in total. The summed E-state index contributed by atoms with van der Waals surface area (Å²) < 4.78 is 90.9. The van der Waals surface area contributed by atoms with E-state index in [1.807, 2.05) is 0 Å². The molecule has 0 aromatic heterocycles. The van der Waals surface area contributed by atoms with Crippen molar-refractivity contribution < 1.29 is 49.6 Å². The molecule has 0 bridgehead atoms. The average molecular weight is 351 g/mol. The fourth-order valence-corrected chi connectivity index (χ4v) is 1.12. The lowest BCUT2D eigenvalue weighted by Gasteiger charge is -2.31. The Hall–Kier alpha value is -1.69. The molecule has 7 nitrogen and oxygen atoms in total. The van der Waals surface area contributed by atoms with Crippen LogP contribution in [0.5, 0.6) is 0 Å². The molecule has 0 unspecified atom stereocenters. The zero-order chi connectivity index (χ0) is 18.0. The highest BCUT2D eigenvalue weighted by atomic mass is 32.2. The number of carbonyl (C=O) groups is 2. The minimum absolute atomic E-state index is 0.515. The quantitative estimate of drug-likeness (QED) is 0.289. The van der Waals surface area contributed by atoms with Crippen molar-refractivity contribution in [2.45, 2.75) is 30.6 Å². The maximum absolute atomic E-state index is 13.7. The summed E-state index contributed by atoms with van der Waals surface area (Å²) in [4.78, 5) is 22.0. The van der Waals surface area contributed by atoms with Gasteiger partial charge in [0.25, 0.3) is 0 Å². The lowest BCUT2D eigenvalue weighted by Crippen LogP contribution is -2.53. The number of carbonyl (C=O) groups excluding carboxylic acids is 2. The van der Waals surface area contributed by atoms with E-state index >= 15 is 0 Å². The molecular formula is C10H11F4O7S-. The van der Waals surface area contributed by atoms with Gasteiger partial charge in [0, 0.05) is 6.08 Å². The van der Waals surface area contributed by atoms with Crippen LogP contribution < -0.4 is 0 Å². The molecule has 22 heavy (non-hydrogen) atoms. The van der Waals surface area contributed by atoms with E-state index in [2.05, 4.69) is 16.1 Å². The first-order valence-electron chi connectivity index (χ1n) is 5.32. The predicted octanol–water partition coefficient (Wildman–Crippen LogP) is 0.811. The number of rotatable bonds is 7. The molecule has 0 saturated heterocycles. The van der Waals surface area contributed by atoms with Crippen LogP contribution in [0.15, 0.2) is 12.7 Å². The van der Waals surface area contributed by atoms with Crippen molar-refractivity contribution in [1.29, 1.82) is 0 Å². The van der Waals surface area contributed by atoms with Gasteiger partial charge in [0.2, 0.25) is 0 Å². The number of alkyl halides is 4. The molecule has 0 radical (unpaired) electrons. The summed E-state index contributed by atoms with van der Waals surface area (Å²) in [7, 11) is -6.21. The van der Waals surface area contributed by atoms with Crippen LogP contribution in [0.3, 0.4) is 0 Å². The maximum Gasteiger partial charge on any atom is 0.381 e. The van der Waals surface area contributed by atoms with Crippen LogP contribution in [0.25, 0.3) is 0 Å². The van der Waals surface area contributed by atoms with E-state index in [-0.39, 0.29) is 0 Å². The van der Waals surface area contributed by atoms with Crippen LogP contribution in [0, 0.1) is 0 Å². The summed E-state index contributed by atoms with van der Waals surface area (Å²) in [5, 5.41) is -5.08. The summed E-state index contributed by atoms with van der Waals surface area (Å²) in [6.07, 6.45) is 0.515. The first-order valence-corrected chi connectivity index (χ1v) is 6.73. The summed E-state index contributed by atoms with van der Waals surface area (Å²) in [5.41, 5.74) is -2.80. The van der Waals surface area contributed by atoms with E-state index in [1.165, 1.54) is 0 Å². The molecule has 0 aromatic carbocycles. The monoisotopic (exact) mass is 351 g/mol. The van der Waals surface area contributed by atoms with E-state index in [0.717, 1.165) is 0 Å². The van der Waals surface area contributed by atoms with Crippen LogP contribution >= 0.6 is 0 Å². The fourth-order valence-electron chi connectivity index (χ4n) is 0.915. The van der Waals surface area contributed by atoms with E-state index in [0.29, 0.717) is 19.9 Å². The molecule has 0 saturated carbocycles. The van der Waals surface area contributed by atoms with Gasteiger partial charge >= 0.3 is 23.1 Å². The van der Waals surface area contributed by atoms with E-state index in [4.69, 9.17) is 0 Å². The minimum atomic E-state index is -6.21. The number of hydrogen-bond acceptors (Lipinski definition) is 7. The van der Waals surface area contributed by atoms with Crippen LogP contribution in [0.2, 0.25) is 0 Å². The summed E-state index contributed by atoms with van der Waals surface area (Å²) in [6.45, 7) is 1.69. The number of hydrogen-bond donors (Lipinski definition) is 0. The van der Waals surface area contributed by atoms with Gasteiger partial charge in [-0.2, -0.15) is 17.6 Å². The number of ether oxygens (including phenoxy) is 2. The third kappa shape index (κ3) is 4.40. The van der Waals surface area contributed by atoms with Crippen molar-refractivity contribution in [2.75, 3.05) is 6.61 Å². The Morgan fingerprint density at radius 1 is 1.23 bits per heavy atom. The predicted molar refractivity (Wildman–Crippen MR) is 60.9 cm³/mol. The first-order chi connectivity index (χ1) is 9.58. The first kappa shape index (κ1) is 20.3. The molecule has 0 spiro atoms. The van der Waals surface area contributed by atoms with Gasteiger partial charge in [-0.05, 0) is 13.8 Å². The third-order valence-electron chi connectivity index (χ3n) is 2.27. The van der Waals surface area contributed by atoms with Gasteiger partial charge in [0.1, 0.15) is 0 Å². The second kappa shape index (κ2) is 6.20. The SMILES string of the molecule is C=CC(=O)OC(C)(C)C(F)(F)C(=O)OCC(F)(F)S(=O)(=O)[O-]. The summed E-state index contributed by atoms with van der Waals surface area (Å²) in [6, 6.07) is 0. The number of halogens is 4. The Morgan fingerprint density at radius 2 is 1.68 bits per heavy atom. The summed E-state index contributed by atoms with van der Waals surface area (Å²) >= 11 is 0. The van der Waals surface area contributed by atoms with Crippen molar-refractivity contribution in [2.24, 2.45) is 0 Å². The minimum Gasteiger partial charge on any atom is -0.743 e. The molecule has 0 rings (SSSR count). The Bertz CT molecular complexity index is 568. The highest BCUT2D eigenvalue weighted by Crippen LogP contribution is 2.34. The summed E-state index contributed by atoms with van der Waals surface area (Å²) in [5.74, 6) is -8.53. The van der Waals surface area contributed by atoms with E-state index in [1.54, 1.807) is 0 Å². The molecule has 0 aliphatic carbocycles. The molecule has 0 amide bonds. The Morgan fingerprint density at radius 3 is 2.05 bits per heavy atom. The Kier molecular flexibility index (Phi) is 5.72. The van der Waals surface area contributed by atoms with Crippen LogP contribution in [-0.4, -0.2) is 48.3 Å². The normalized spacial score (nSPS) is 13.4. The fraction of sp³-hybridized carbons (Fsp3) is 0.600. The van der Waals surface area contributed by atoms with E-state index in [9.17, 15) is 40.1 Å². The van der Waals surface area contributed by atoms with Crippen LogP contribution in [0.1, 0.15) is 13.8 Å². The van der Waals surface area contributed by atoms with Gasteiger partial charge in [0.05, 0.1) is 0 Å². The smallest absolute Gasteiger partial charge is 0.381 e. The lowest BCUT2D eigenvalue weighted by atomic mass is 10.0. The van der Waals surface area contributed by atoms with Gasteiger partial charge < -0.3 is 14.0 Å². The van der Waals surface area contributed by atoms with Gasteiger partial charge in [-0.15, -0.1) is 0 Å². The topological polar surface area (TPSA) is 110 Å². The van der Waals surface area contributed by atoms with Crippen LogP contribution in [-0.2, 0) is 29.2 Å². The van der Waals surface area contributed by atoms with Crippen LogP contribution in [0.4, 0.5) is 17.6 Å². The standard InChI is InChI=1S/C10H12F4O7S/c1-4-6(15)21-8(2,3)10(13,14)7(16)20-5-9(11,12)22(17,18)19/h4H,1,5H2,2-3H3,(H,17,18,19)/p-1. The highest BCUT2D eigenvalue weighted by Gasteiger charge is 2.58. The van der Waals surface area contributed by atoms with Crippen molar-refractivity contribution in [1.82, 2.24) is 0 Å². The Labute approximate surface area is 122 Å². The molecule has 12 heteroatoms. The molecule has 0 aliphatic heterocycles. The van der Waals surface area contributed by atoms with Gasteiger partial charge in [-0.25, -0.2) is 18.0 Å². The zero-order valence-electron chi connectivity index (χ0n) is 11.3. The zero-order valence-corrected chi connectivity index (χ0v) is 12.1. The van der Waals surface area contributed by atoms with Crippen molar-refractivity contribution in [3.8, 4) is 0 Å². The molecule has 0 aromatic rings. The van der Waals surface area contributed by atoms with Gasteiger partial charge in [-0.3, -0.25) is 0 Å². The third-order valence-corrected chi connectivity index (χ3v) is 3.12. The van der Waals surface area contributed by atoms with Gasteiger partial charge in [0.15, 0.2) is 22.3 Å². The maximum atomic E-state index is 13.7. The lowest BCUT2D eigenvalue weighted by molar-refractivity contribution is -0.218. The van der Waals surface area contributed by atoms with Crippen molar-refractivity contribution in [3.05, 3.63) is 12.7 Å². The average Bonchev–Trinajstić information content (AvgIpc) is 2.33. The molecule has 0 heterocycles. The second-order valence-corrected chi connectivity index (χ2v) is 5.88. The highest BCUT2D eigenvalue weighted by molar-refractivity contribution is 7.86. The molecule has 0 fully saturated rings. The largest absolute Gasteiger partial charge is 0.743 e. The molecule has 0 aliphatic rings. The molecule has 0 atom stereocenters.